The summed E-state index contributed by atoms with van der Waals surface area (Å²) in [6, 6.07) is 14.1. The van der Waals surface area contributed by atoms with Gasteiger partial charge in [0.2, 0.25) is 0 Å². The molecule has 5 nitrogen and oxygen atoms in total. The van der Waals surface area contributed by atoms with E-state index in [9.17, 15) is 0 Å². The molecule has 2 N–H and O–H groups in total. The van der Waals surface area contributed by atoms with E-state index in [1.165, 1.54) is 10.9 Å². The normalized spacial score (nSPS) is 15.8. The first-order chi connectivity index (χ1) is 12.8. The summed E-state index contributed by atoms with van der Waals surface area (Å²) in [7, 11) is 0. The Morgan fingerprint density at radius 2 is 2.12 bits per heavy atom. The molecular weight excluding hydrogens is 322 g/mol. The summed E-state index contributed by atoms with van der Waals surface area (Å²) in [5, 5.41) is 13.7. The number of aromatic amines is 1. The maximum absolute atomic E-state index is 9.16. The van der Waals surface area contributed by atoms with Crippen molar-refractivity contribution in [1.29, 1.82) is 5.26 Å². The monoisotopic (exact) mass is 345 g/mol. The van der Waals surface area contributed by atoms with Crippen molar-refractivity contribution >= 4 is 16.7 Å². The maximum atomic E-state index is 9.16. The van der Waals surface area contributed by atoms with Crippen LogP contribution in [0, 0.1) is 11.3 Å². The molecule has 1 fully saturated rings. The van der Waals surface area contributed by atoms with Gasteiger partial charge in [-0.1, -0.05) is 6.07 Å². The van der Waals surface area contributed by atoms with Gasteiger partial charge in [-0.25, -0.2) is 4.98 Å². The van der Waals surface area contributed by atoms with Gasteiger partial charge in [0.25, 0.3) is 0 Å². The number of piperidine rings is 1. The van der Waals surface area contributed by atoms with Gasteiger partial charge in [0.15, 0.2) is 0 Å². The van der Waals surface area contributed by atoms with E-state index in [2.05, 4.69) is 32.5 Å². The van der Waals surface area contributed by atoms with Crippen molar-refractivity contribution in [2.75, 3.05) is 31.5 Å². The molecule has 0 saturated carbocycles. The highest BCUT2D eigenvalue weighted by atomic mass is 15.1. The summed E-state index contributed by atoms with van der Waals surface area (Å²) in [6.07, 6.45) is 6.27. The second kappa shape index (κ2) is 7.59. The number of hydrogen-bond donors (Lipinski definition) is 2. The summed E-state index contributed by atoms with van der Waals surface area (Å²) >= 11 is 0. The number of nitrogens with zero attached hydrogens (tertiary/aromatic N) is 3. The minimum Gasteiger partial charge on any atom is -0.369 e. The molecule has 1 saturated heterocycles. The molecule has 5 heteroatoms. The molecule has 4 rings (SSSR count). The van der Waals surface area contributed by atoms with Crippen molar-refractivity contribution in [3.63, 3.8) is 0 Å². The minimum absolute atomic E-state index is 0.567. The molecule has 0 aliphatic carbocycles. The van der Waals surface area contributed by atoms with E-state index in [-0.39, 0.29) is 0 Å². The first-order valence-electron chi connectivity index (χ1n) is 9.22. The molecule has 1 aromatic carbocycles. The van der Waals surface area contributed by atoms with Crippen LogP contribution < -0.4 is 5.32 Å². The lowest BCUT2D eigenvalue weighted by Gasteiger charge is -2.32. The lowest BCUT2D eigenvalue weighted by molar-refractivity contribution is 0.220. The van der Waals surface area contributed by atoms with Crippen LogP contribution >= 0.6 is 0 Å². The molecule has 0 atom stereocenters. The van der Waals surface area contributed by atoms with Gasteiger partial charge in [0.1, 0.15) is 5.82 Å². The van der Waals surface area contributed by atoms with Gasteiger partial charge >= 0.3 is 0 Å². The van der Waals surface area contributed by atoms with Crippen LogP contribution in [0.2, 0.25) is 0 Å². The van der Waals surface area contributed by atoms with Gasteiger partial charge in [0, 0.05) is 36.4 Å². The SMILES string of the molecule is N#Cc1ccc2[nH]cc(C3CCN(CCNc4ccccn4)CC3)c2c1. The lowest BCUT2D eigenvalue weighted by Crippen LogP contribution is -2.36. The summed E-state index contributed by atoms with van der Waals surface area (Å²) in [4.78, 5) is 10.2. The molecule has 2 aromatic heterocycles. The minimum atomic E-state index is 0.567. The average Bonchev–Trinajstić information content (AvgIpc) is 3.12. The highest BCUT2D eigenvalue weighted by molar-refractivity contribution is 5.85. The number of fused-ring (bicyclic) bond motifs is 1. The zero-order valence-electron chi connectivity index (χ0n) is 14.8. The van der Waals surface area contributed by atoms with Crippen LogP contribution in [0.15, 0.2) is 48.8 Å². The van der Waals surface area contributed by atoms with Gasteiger partial charge in [0.05, 0.1) is 11.6 Å². The largest absolute Gasteiger partial charge is 0.369 e. The Hall–Kier alpha value is -2.84. The Balaban J connectivity index is 1.33. The van der Waals surface area contributed by atoms with Crippen molar-refractivity contribution in [2.45, 2.75) is 18.8 Å². The predicted molar refractivity (Wildman–Crippen MR) is 104 cm³/mol. The number of aromatic nitrogens is 2. The molecule has 0 amide bonds. The fourth-order valence-electron chi connectivity index (χ4n) is 3.83. The van der Waals surface area contributed by atoms with Crippen LogP contribution in [0.3, 0.4) is 0 Å². The number of rotatable bonds is 5. The van der Waals surface area contributed by atoms with E-state index < -0.39 is 0 Å². The second-order valence-corrected chi connectivity index (χ2v) is 6.87. The molecule has 1 aliphatic rings. The van der Waals surface area contributed by atoms with E-state index >= 15 is 0 Å². The van der Waals surface area contributed by atoms with E-state index in [1.807, 2.05) is 42.6 Å². The standard InChI is InChI=1S/C21H23N5/c22-14-16-4-5-20-18(13-16)19(15-25-20)17-6-10-26(11-7-17)12-9-24-21-3-1-2-8-23-21/h1-5,8,13,15,17,25H,6-7,9-12H2,(H,23,24). The fraction of sp³-hybridized carbons (Fsp3) is 0.333. The Morgan fingerprint density at radius 3 is 2.88 bits per heavy atom. The van der Waals surface area contributed by atoms with Crippen LogP contribution in [0.1, 0.15) is 29.9 Å². The third kappa shape index (κ3) is 3.56. The van der Waals surface area contributed by atoms with Crippen LogP contribution in [-0.4, -0.2) is 41.0 Å². The van der Waals surface area contributed by atoms with E-state index in [0.29, 0.717) is 5.92 Å². The number of H-pyrrole nitrogens is 1. The maximum Gasteiger partial charge on any atom is 0.125 e. The molecule has 1 aliphatic heterocycles. The number of benzene rings is 1. The topological polar surface area (TPSA) is 67.7 Å². The van der Waals surface area contributed by atoms with Crippen LogP contribution in [0.25, 0.3) is 10.9 Å². The quantitative estimate of drug-likeness (QED) is 0.739. The third-order valence-electron chi connectivity index (χ3n) is 5.27. The van der Waals surface area contributed by atoms with Gasteiger partial charge in [-0.3, -0.25) is 0 Å². The Morgan fingerprint density at radius 1 is 1.23 bits per heavy atom. The summed E-state index contributed by atoms with van der Waals surface area (Å²) < 4.78 is 0. The first kappa shape index (κ1) is 16.6. The smallest absolute Gasteiger partial charge is 0.125 e. The third-order valence-corrected chi connectivity index (χ3v) is 5.27. The lowest BCUT2D eigenvalue weighted by atomic mass is 9.89. The number of nitriles is 1. The predicted octanol–water partition coefficient (Wildman–Crippen LogP) is 3.73. The number of anilines is 1. The summed E-state index contributed by atoms with van der Waals surface area (Å²) in [6.45, 7) is 4.18. The van der Waals surface area contributed by atoms with Gasteiger partial charge in [-0.15, -0.1) is 0 Å². The molecule has 26 heavy (non-hydrogen) atoms. The van der Waals surface area contributed by atoms with Crippen LogP contribution in [0.5, 0.6) is 0 Å². The molecule has 132 valence electrons. The van der Waals surface area contributed by atoms with Gasteiger partial charge < -0.3 is 15.2 Å². The molecule has 0 unspecified atom stereocenters. The Labute approximate surface area is 153 Å². The molecular formula is C21H23N5. The van der Waals surface area contributed by atoms with Crippen molar-refractivity contribution < 1.29 is 0 Å². The van der Waals surface area contributed by atoms with Crippen molar-refractivity contribution in [3.8, 4) is 6.07 Å². The molecule has 0 spiro atoms. The van der Waals surface area contributed by atoms with Crippen molar-refractivity contribution in [3.05, 3.63) is 59.9 Å². The van der Waals surface area contributed by atoms with Crippen molar-refractivity contribution in [2.24, 2.45) is 0 Å². The van der Waals surface area contributed by atoms with Gasteiger partial charge in [-0.05, 0) is 67.7 Å². The van der Waals surface area contributed by atoms with E-state index in [1.54, 1.807) is 0 Å². The zero-order valence-corrected chi connectivity index (χ0v) is 14.8. The van der Waals surface area contributed by atoms with Gasteiger partial charge in [-0.2, -0.15) is 5.26 Å². The van der Waals surface area contributed by atoms with E-state index in [4.69, 9.17) is 5.26 Å². The molecule has 3 heterocycles. The molecule has 0 radical (unpaired) electrons. The van der Waals surface area contributed by atoms with Crippen LogP contribution in [0.4, 0.5) is 5.82 Å². The zero-order chi connectivity index (χ0) is 17.8. The van der Waals surface area contributed by atoms with Crippen LogP contribution in [-0.2, 0) is 0 Å². The molecule has 3 aromatic rings. The highest BCUT2D eigenvalue weighted by Gasteiger charge is 2.22. The first-order valence-corrected chi connectivity index (χ1v) is 9.22. The van der Waals surface area contributed by atoms with Crippen molar-refractivity contribution in [1.82, 2.24) is 14.9 Å². The average molecular weight is 345 g/mol. The summed E-state index contributed by atoms with van der Waals surface area (Å²) in [5.41, 5.74) is 3.22. The van der Waals surface area contributed by atoms with E-state index in [0.717, 1.165) is 55.9 Å². The second-order valence-electron chi connectivity index (χ2n) is 6.87. The Kier molecular flexibility index (Phi) is 4.85. The highest BCUT2D eigenvalue weighted by Crippen LogP contribution is 2.33. The number of pyridine rings is 1. The number of nitrogens with one attached hydrogen (secondary N) is 2. The fourth-order valence-corrected chi connectivity index (χ4v) is 3.83. The summed E-state index contributed by atoms with van der Waals surface area (Å²) in [5.74, 6) is 1.51. The number of hydrogen-bond acceptors (Lipinski definition) is 4. The Bertz CT molecular complexity index is 901. The number of likely N-dealkylation sites (tertiary alicyclic amines) is 1. The molecule has 0 bridgehead atoms.